The zero-order valence-corrected chi connectivity index (χ0v) is 46.7. The molecule has 0 rings (SSSR count). The molecule has 0 heterocycles. The van der Waals surface area contributed by atoms with Crippen LogP contribution in [0.5, 0.6) is 0 Å². The van der Waals surface area contributed by atoms with Crippen molar-refractivity contribution in [1.82, 2.24) is 0 Å². The van der Waals surface area contributed by atoms with Crippen LogP contribution in [0.2, 0.25) is 0 Å². The number of rotatable bonds is 51. The van der Waals surface area contributed by atoms with E-state index in [2.05, 4.69) is 160 Å². The number of phosphoric acid groups is 1. The number of unbranched alkanes of at least 4 members (excludes halogenated alkanes) is 14. The van der Waals surface area contributed by atoms with Crippen molar-refractivity contribution in [3.8, 4) is 0 Å². The van der Waals surface area contributed by atoms with Gasteiger partial charge in [0.1, 0.15) is 6.61 Å². The molecule has 0 saturated heterocycles. The molecule has 0 aromatic heterocycles. The van der Waals surface area contributed by atoms with Gasteiger partial charge in [0, 0.05) is 19.4 Å². The van der Waals surface area contributed by atoms with Gasteiger partial charge in [-0.1, -0.05) is 224 Å². The number of ether oxygens (including phenoxy) is 2. The third-order valence-electron chi connectivity index (χ3n) is 11.2. The molecule has 412 valence electrons. The van der Waals surface area contributed by atoms with E-state index in [0.29, 0.717) is 12.8 Å². The molecule has 73 heavy (non-hydrogen) atoms. The molecule has 0 fully saturated rings. The lowest BCUT2D eigenvalue weighted by atomic mass is 10.1. The highest BCUT2D eigenvalue weighted by Crippen LogP contribution is 2.43. The highest BCUT2D eigenvalue weighted by molar-refractivity contribution is 7.47. The Labute approximate surface area is 446 Å². The Morgan fingerprint density at radius 3 is 1.05 bits per heavy atom. The Morgan fingerprint density at radius 1 is 0.411 bits per heavy atom. The maximum absolute atomic E-state index is 12.7. The summed E-state index contributed by atoms with van der Waals surface area (Å²) in [5, 5.41) is 0. The van der Waals surface area contributed by atoms with Crippen LogP contribution in [0.15, 0.2) is 146 Å². The van der Waals surface area contributed by atoms with Gasteiger partial charge < -0.3 is 20.1 Å². The molecule has 0 bridgehead atoms. The number of nitrogens with two attached hydrogens (primary N) is 1. The van der Waals surface area contributed by atoms with E-state index in [4.69, 9.17) is 24.3 Å². The Hall–Kier alpha value is -4.11. The van der Waals surface area contributed by atoms with Gasteiger partial charge in [-0.2, -0.15) is 0 Å². The second-order valence-corrected chi connectivity index (χ2v) is 19.5. The van der Waals surface area contributed by atoms with E-state index >= 15 is 0 Å². The Morgan fingerprint density at radius 2 is 0.712 bits per heavy atom. The van der Waals surface area contributed by atoms with E-state index in [1.165, 1.54) is 38.5 Å². The summed E-state index contributed by atoms with van der Waals surface area (Å²) in [5.74, 6) is -0.873. The lowest BCUT2D eigenvalue weighted by molar-refractivity contribution is -0.161. The largest absolute Gasteiger partial charge is 0.472 e. The second-order valence-electron chi connectivity index (χ2n) is 18.0. The molecule has 3 N–H and O–H groups in total. The first kappa shape index (κ1) is 68.9. The minimum atomic E-state index is -4.41. The molecule has 9 nitrogen and oxygen atoms in total. The number of hydrogen-bond acceptors (Lipinski definition) is 8. The van der Waals surface area contributed by atoms with Crippen LogP contribution in [0.1, 0.15) is 206 Å². The summed E-state index contributed by atoms with van der Waals surface area (Å²) in [6, 6.07) is 0. The highest BCUT2D eigenvalue weighted by atomic mass is 31.2. The molecule has 0 aromatic rings. The van der Waals surface area contributed by atoms with Crippen molar-refractivity contribution in [2.75, 3.05) is 26.4 Å². The molecule has 0 radical (unpaired) electrons. The van der Waals surface area contributed by atoms with Crippen LogP contribution >= 0.6 is 7.82 Å². The van der Waals surface area contributed by atoms with E-state index in [9.17, 15) is 19.0 Å². The zero-order valence-electron chi connectivity index (χ0n) is 45.8. The Kier molecular flexibility index (Phi) is 54.0. The molecular weight excluding hydrogens is 930 g/mol. The summed E-state index contributed by atoms with van der Waals surface area (Å²) in [7, 11) is -4.41. The molecule has 0 aliphatic heterocycles. The SMILES string of the molecule is CC/C=C\C/C=C\C/C=C\C/C=C\C/C=C\C/C=C\C/C=C\C/C=C\CCCCCCC(=O)OC(COC(=O)CCCCCCCCCCCC/C=C\C/C=C\C/C=C\C/C=C\CC)COP(=O)(O)OCCN. The van der Waals surface area contributed by atoms with Crippen molar-refractivity contribution in [3.63, 3.8) is 0 Å². The second kappa shape index (κ2) is 57.2. The van der Waals surface area contributed by atoms with Gasteiger partial charge in [-0.25, -0.2) is 4.57 Å². The van der Waals surface area contributed by atoms with Crippen LogP contribution in [0, 0.1) is 0 Å². The molecule has 0 aliphatic carbocycles. The summed E-state index contributed by atoms with van der Waals surface area (Å²) in [6.45, 7) is 3.46. The highest BCUT2D eigenvalue weighted by Gasteiger charge is 2.26. The summed E-state index contributed by atoms with van der Waals surface area (Å²) in [4.78, 5) is 35.2. The minimum absolute atomic E-state index is 0.0398. The monoisotopic (exact) mass is 1030 g/mol. The van der Waals surface area contributed by atoms with Crippen molar-refractivity contribution in [2.24, 2.45) is 5.73 Å². The first-order valence-corrected chi connectivity index (χ1v) is 29.8. The van der Waals surface area contributed by atoms with Crippen molar-refractivity contribution in [1.29, 1.82) is 0 Å². The number of carbonyl (C=O) groups excluding carboxylic acids is 2. The molecule has 0 aliphatic rings. The Balaban J connectivity index is 4.12. The van der Waals surface area contributed by atoms with Crippen LogP contribution in [0.4, 0.5) is 0 Å². The average Bonchev–Trinajstić information content (AvgIpc) is 3.38. The molecule has 0 saturated carbocycles. The molecule has 2 unspecified atom stereocenters. The van der Waals surface area contributed by atoms with Gasteiger partial charge in [-0.05, 0) is 116 Å². The number of phosphoric ester groups is 1. The number of hydrogen-bond donors (Lipinski definition) is 2. The van der Waals surface area contributed by atoms with Gasteiger partial charge in [0.2, 0.25) is 0 Å². The van der Waals surface area contributed by atoms with Crippen LogP contribution < -0.4 is 5.73 Å². The normalized spacial score (nSPS) is 14.2. The fraction of sp³-hybridized carbons (Fsp3) is 0.587. The topological polar surface area (TPSA) is 134 Å². The summed E-state index contributed by atoms with van der Waals surface area (Å²) in [6.07, 6.45) is 81.7. The van der Waals surface area contributed by atoms with Gasteiger partial charge in [-0.15, -0.1) is 0 Å². The van der Waals surface area contributed by atoms with E-state index in [1.54, 1.807) is 0 Å². The maximum Gasteiger partial charge on any atom is 0.472 e. The molecule has 2 atom stereocenters. The van der Waals surface area contributed by atoms with Crippen LogP contribution in [-0.4, -0.2) is 49.3 Å². The predicted octanol–water partition coefficient (Wildman–Crippen LogP) is 18.0. The van der Waals surface area contributed by atoms with Crippen LogP contribution in [-0.2, 0) is 32.7 Å². The molecular formula is C63H102NO8P. The lowest BCUT2D eigenvalue weighted by Crippen LogP contribution is -2.29. The summed E-state index contributed by atoms with van der Waals surface area (Å²) < 4.78 is 33.0. The predicted molar refractivity (Wildman–Crippen MR) is 311 cm³/mol. The number of carbonyl (C=O) groups is 2. The Bertz CT molecular complexity index is 1700. The number of esters is 2. The summed E-state index contributed by atoms with van der Waals surface area (Å²) >= 11 is 0. The first-order valence-electron chi connectivity index (χ1n) is 28.3. The average molecular weight is 1030 g/mol. The lowest BCUT2D eigenvalue weighted by Gasteiger charge is -2.19. The van der Waals surface area contributed by atoms with E-state index in [-0.39, 0.29) is 32.6 Å². The third kappa shape index (κ3) is 57.0. The van der Waals surface area contributed by atoms with E-state index < -0.39 is 32.5 Å². The third-order valence-corrected chi connectivity index (χ3v) is 12.2. The van der Waals surface area contributed by atoms with E-state index in [1.807, 2.05) is 0 Å². The van der Waals surface area contributed by atoms with Crippen molar-refractivity contribution >= 4 is 19.8 Å². The standard InChI is InChI=1S/C63H102NO8P/c1-3-5-7-9-11-13-15-17-19-21-23-25-27-28-29-30-31-32-34-36-38-40-42-44-46-48-50-52-54-56-63(66)72-61(60-71-73(67,68)70-58-57-64)59-69-62(65)55-53-51-49-47-45-43-41-39-37-35-33-26-24-22-20-18-16-14-12-10-8-6-4-2/h5-8,11-14,17-20,23-26,28-29,31-32,36,38,42,44,61H,3-4,9-10,15-16,21-22,27,30,33-35,37,39-41,43,45-60,64H2,1-2H3,(H,67,68)/b7-5-,8-6-,13-11-,14-12-,19-17-,20-18-,25-23-,26-24-,29-28-,32-31-,38-36-,44-42-. The molecule has 0 amide bonds. The fourth-order valence-electron chi connectivity index (χ4n) is 7.11. The fourth-order valence-corrected chi connectivity index (χ4v) is 7.88. The van der Waals surface area contributed by atoms with Gasteiger partial charge >= 0.3 is 19.8 Å². The zero-order chi connectivity index (χ0) is 53.1. The van der Waals surface area contributed by atoms with Crippen LogP contribution in [0.25, 0.3) is 0 Å². The maximum atomic E-state index is 12.7. The molecule has 0 spiro atoms. The van der Waals surface area contributed by atoms with E-state index in [0.717, 1.165) is 128 Å². The van der Waals surface area contributed by atoms with Gasteiger partial charge in [0.15, 0.2) is 6.10 Å². The van der Waals surface area contributed by atoms with Gasteiger partial charge in [0.25, 0.3) is 0 Å². The smallest absolute Gasteiger partial charge is 0.462 e. The number of allylic oxidation sites excluding steroid dienone is 24. The van der Waals surface area contributed by atoms with Crippen molar-refractivity contribution in [2.45, 2.75) is 213 Å². The summed E-state index contributed by atoms with van der Waals surface area (Å²) in [5.41, 5.74) is 5.38. The van der Waals surface area contributed by atoms with Crippen LogP contribution in [0.3, 0.4) is 0 Å². The molecule has 10 heteroatoms. The molecule has 0 aromatic carbocycles. The minimum Gasteiger partial charge on any atom is -0.462 e. The van der Waals surface area contributed by atoms with Gasteiger partial charge in [-0.3, -0.25) is 18.6 Å². The first-order chi connectivity index (χ1) is 35.8. The van der Waals surface area contributed by atoms with Gasteiger partial charge in [0.05, 0.1) is 13.2 Å². The van der Waals surface area contributed by atoms with Crippen molar-refractivity contribution in [3.05, 3.63) is 146 Å². The quantitative estimate of drug-likeness (QED) is 0.0264. The van der Waals surface area contributed by atoms with Crippen molar-refractivity contribution < 1.29 is 37.6 Å².